The van der Waals surface area contributed by atoms with E-state index < -0.39 is 41.6 Å². The van der Waals surface area contributed by atoms with Gasteiger partial charge in [-0.1, -0.05) is 12.1 Å². The van der Waals surface area contributed by atoms with Crippen molar-refractivity contribution in [2.24, 2.45) is 0 Å². The van der Waals surface area contributed by atoms with E-state index in [9.17, 15) is 23.5 Å². The molecular weight excluding hydrogens is 460 g/mol. The maximum Gasteiger partial charge on any atom is 0.414 e. The van der Waals surface area contributed by atoms with Crippen LogP contribution < -0.4 is 15.4 Å². The molecule has 0 bridgehead atoms. The van der Waals surface area contributed by atoms with E-state index in [1.165, 1.54) is 4.90 Å². The molecule has 0 spiro atoms. The van der Waals surface area contributed by atoms with E-state index in [1.54, 1.807) is 53.1 Å². The molecule has 0 saturated heterocycles. The third-order valence-corrected chi connectivity index (χ3v) is 4.70. The minimum atomic E-state index is -1.11. The van der Waals surface area contributed by atoms with Crippen LogP contribution >= 0.6 is 0 Å². The molecule has 2 atom stereocenters. The van der Waals surface area contributed by atoms with Gasteiger partial charge in [0.1, 0.15) is 23.0 Å². The third-order valence-electron chi connectivity index (χ3n) is 4.70. The number of aliphatic hydroxyl groups is 1. The van der Waals surface area contributed by atoms with Gasteiger partial charge >= 0.3 is 12.2 Å². The van der Waals surface area contributed by atoms with E-state index in [0.717, 1.165) is 23.8 Å². The summed E-state index contributed by atoms with van der Waals surface area (Å²) in [4.78, 5) is 25.3. The average Bonchev–Trinajstić information content (AvgIpc) is 2.71. The number of carbonyl (C=O) groups is 2. The summed E-state index contributed by atoms with van der Waals surface area (Å²) < 4.78 is 37.8. The van der Waals surface area contributed by atoms with Crippen molar-refractivity contribution in [3.63, 3.8) is 0 Å². The van der Waals surface area contributed by atoms with Crippen molar-refractivity contribution in [3.8, 4) is 5.75 Å². The van der Waals surface area contributed by atoms with Crippen molar-refractivity contribution in [1.29, 1.82) is 0 Å². The lowest BCUT2D eigenvalue weighted by Crippen LogP contribution is -2.49. The number of amides is 2. The summed E-state index contributed by atoms with van der Waals surface area (Å²) in [5.74, 6) is -1.13. The first-order valence-electron chi connectivity index (χ1n) is 11.1. The van der Waals surface area contributed by atoms with Gasteiger partial charge in [-0.25, -0.2) is 18.4 Å². The van der Waals surface area contributed by atoms with E-state index >= 15 is 0 Å². The molecule has 0 aliphatic heterocycles. The fourth-order valence-corrected chi connectivity index (χ4v) is 3.14. The van der Waals surface area contributed by atoms with Crippen molar-refractivity contribution < 1.29 is 33.0 Å². The number of aliphatic hydroxyl groups excluding tert-OH is 1. The average molecular weight is 494 g/mol. The first-order chi connectivity index (χ1) is 16.3. The van der Waals surface area contributed by atoms with Crippen LogP contribution in [0.15, 0.2) is 42.5 Å². The highest BCUT2D eigenvalue weighted by Gasteiger charge is 2.25. The smallest absolute Gasteiger partial charge is 0.414 e. The lowest BCUT2D eigenvalue weighted by molar-refractivity contribution is 0.0422. The number of halogens is 2. The van der Waals surface area contributed by atoms with Gasteiger partial charge in [0.2, 0.25) is 0 Å². The van der Waals surface area contributed by atoms with E-state index in [0.29, 0.717) is 12.3 Å². The Hall–Kier alpha value is -3.24. The predicted octanol–water partition coefficient (Wildman–Crippen LogP) is 3.61. The SMILES string of the molecule is CN(C)C(=O)Oc1cccc(CNCC(O)C(Cc2cc(F)cc(F)c2)NC(=O)OC(C)(C)C)c1. The van der Waals surface area contributed by atoms with Crippen LogP contribution in [0.4, 0.5) is 18.4 Å². The maximum atomic E-state index is 13.6. The molecule has 2 aromatic carbocycles. The van der Waals surface area contributed by atoms with Crippen LogP contribution in [0.5, 0.6) is 5.75 Å². The van der Waals surface area contributed by atoms with Crippen LogP contribution in [0.3, 0.4) is 0 Å². The van der Waals surface area contributed by atoms with Crippen molar-refractivity contribution in [2.75, 3.05) is 20.6 Å². The topological polar surface area (TPSA) is 100 Å². The highest BCUT2D eigenvalue weighted by molar-refractivity contribution is 5.70. The monoisotopic (exact) mass is 493 g/mol. The zero-order valence-electron chi connectivity index (χ0n) is 20.6. The summed E-state index contributed by atoms with van der Waals surface area (Å²) in [6.07, 6.45) is -2.39. The van der Waals surface area contributed by atoms with E-state index in [-0.39, 0.29) is 18.5 Å². The first kappa shape index (κ1) is 28.0. The summed E-state index contributed by atoms with van der Waals surface area (Å²) in [7, 11) is 3.16. The fourth-order valence-electron chi connectivity index (χ4n) is 3.14. The Morgan fingerprint density at radius 1 is 1.06 bits per heavy atom. The Labute approximate surface area is 204 Å². The van der Waals surface area contributed by atoms with Crippen LogP contribution in [0.25, 0.3) is 0 Å². The predicted molar refractivity (Wildman–Crippen MR) is 127 cm³/mol. The summed E-state index contributed by atoms with van der Waals surface area (Å²) in [5.41, 5.74) is 0.312. The quantitative estimate of drug-likeness (QED) is 0.494. The highest BCUT2D eigenvalue weighted by Crippen LogP contribution is 2.15. The second-order valence-corrected chi connectivity index (χ2v) is 9.34. The number of nitrogens with zero attached hydrogens (tertiary/aromatic N) is 1. The second-order valence-electron chi connectivity index (χ2n) is 9.34. The molecule has 0 aliphatic rings. The minimum Gasteiger partial charge on any atom is -0.444 e. The Morgan fingerprint density at radius 2 is 1.71 bits per heavy atom. The maximum absolute atomic E-state index is 13.6. The van der Waals surface area contributed by atoms with Gasteiger partial charge in [-0.2, -0.15) is 0 Å². The van der Waals surface area contributed by atoms with Crippen molar-refractivity contribution in [2.45, 2.75) is 51.5 Å². The molecule has 0 saturated carbocycles. The van der Waals surface area contributed by atoms with Gasteiger partial charge in [0, 0.05) is 33.3 Å². The molecule has 0 heterocycles. The Kier molecular flexibility index (Phi) is 9.97. The zero-order valence-corrected chi connectivity index (χ0v) is 20.6. The first-order valence-corrected chi connectivity index (χ1v) is 11.1. The number of hydrogen-bond acceptors (Lipinski definition) is 6. The highest BCUT2D eigenvalue weighted by atomic mass is 19.1. The van der Waals surface area contributed by atoms with Crippen LogP contribution in [0.1, 0.15) is 31.9 Å². The van der Waals surface area contributed by atoms with Gasteiger partial charge < -0.3 is 30.1 Å². The minimum absolute atomic E-state index is 0.0211. The Morgan fingerprint density at radius 3 is 2.31 bits per heavy atom. The number of hydrogen-bond donors (Lipinski definition) is 3. The van der Waals surface area contributed by atoms with E-state index in [2.05, 4.69) is 10.6 Å². The molecule has 10 heteroatoms. The van der Waals surface area contributed by atoms with Gasteiger partial charge in [-0.15, -0.1) is 0 Å². The molecule has 192 valence electrons. The molecule has 8 nitrogen and oxygen atoms in total. The zero-order chi connectivity index (χ0) is 26.2. The van der Waals surface area contributed by atoms with Crippen molar-refractivity contribution in [1.82, 2.24) is 15.5 Å². The van der Waals surface area contributed by atoms with Crippen molar-refractivity contribution in [3.05, 3.63) is 65.2 Å². The fraction of sp³-hybridized carbons (Fsp3) is 0.440. The number of alkyl carbamates (subject to hydrolysis) is 1. The van der Waals surface area contributed by atoms with Gasteiger partial charge in [-0.05, 0) is 62.6 Å². The Bertz CT molecular complexity index is 991. The number of carbonyl (C=O) groups excluding carboxylic acids is 2. The molecule has 2 unspecified atom stereocenters. The summed E-state index contributed by atoms with van der Waals surface area (Å²) in [5, 5.41) is 16.4. The van der Waals surface area contributed by atoms with Crippen LogP contribution in [-0.4, -0.2) is 60.6 Å². The number of ether oxygens (including phenoxy) is 2. The van der Waals surface area contributed by atoms with Gasteiger partial charge in [0.25, 0.3) is 0 Å². The largest absolute Gasteiger partial charge is 0.444 e. The van der Waals surface area contributed by atoms with Gasteiger partial charge in [0.05, 0.1) is 12.1 Å². The molecule has 35 heavy (non-hydrogen) atoms. The molecule has 3 N–H and O–H groups in total. The summed E-state index contributed by atoms with van der Waals surface area (Å²) in [6, 6.07) is 9.05. The third kappa shape index (κ3) is 10.3. The summed E-state index contributed by atoms with van der Waals surface area (Å²) in [6.45, 7) is 5.49. The lowest BCUT2D eigenvalue weighted by atomic mass is 10.0. The number of benzene rings is 2. The van der Waals surface area contributed by atoms with Crippen molar-refractivity contribution >= 4 is 12.2 Å². The summed E-state index contributed by atoms with van der Waals surface area (Å²) >= 11 is 0. The van der Waals surface area contributed by atoms with E-state index in [4.69, 9.17) is 9.47 Å². The van der Waals surface area contributed by atoms with Crippen LogP contribution in [0.2, 0.25) is 0 Å². The molecule has 2 amide bonds. The van der Waals surface area contributed by atoms with Gasteiger partial charge in [0.15, 0.2) is 0 Å². The molecule has 0 fully saturated rings. The molecule has 0 radical (unpaired) electrons. The van der Waals surface area contributed by atoms with Crippen LogP contribution in [0, 0.1) is 11.6 Å². The lowest BCUT2D eigenvalue weighted by Gasteiger charge is -2.27. The number of rotatable bonds is 9. The molecule has 0 aliphatic carbocycles. The van der Waals surface area contributed by atoms with Gasteiger partial charge in [-0.3, -0.25) is 0 Å². The standard InChI is InChI=1S/C25H33F2N3O5/c1-25(2,3)35-23(32)29-21(12-17-9-18(26)13-19(27)10-17)22(31)15-28-14-16-7-6-8-20(11-16)34-24(33)30(4)5/h6-11,13,21-22,28,31H,12,14-15H2,1-5H3,(H,29,32). The molecule has 0 aromatic heterocycles. The molecule has 2 rings (SSSR count). The normalized spacial score (nSPS) is 13.0. The van der Waals surface area contributed by atoms with Crippen LogP contribution in [-0.2, 0) is 17.7 Å². The Balaban J connectivity index is 2.04. The second kappa shape index (κ2) is 12.5. The van der Waals surface area contributed by atoms with E-state index in [1.807, 2.05) is 6.07 Å². The molecular formula is C25H33F2N3O5. The number of nitrogens with one attached hydrogen (secondary N) is 2. The molecule has 2 aromatic rings.